The zero-order valence-corrected chi connectivity index (χ0v) is 28.9. The number of hydrogen-bond acceptors (Lipinski definition) is 3. The third kappa shape index (κ3) is 38.7. The molecular weight excluding hydrogens is 532 g/mol. The van der Waals surface area contributed by atoms with Gasteiger partial charge in [-0.05, 0) is 44.9 Å². The summed E-state index contributed by atoms with van der Waals surface area (Å²) in [5, 5.41) is 8.63. The molecule has 0 saturated heterocycles. The molecule has 1 N–H and O–H groups in total. The molecule has 0 atom stereocenters. The summed E-state index contributed by atoms with van der Waals surface area (Å²) in [5.41, 5.74) is 0. The van der Waals surface area contributed by atoms with E-state index in [1.54, 1.807) is 0 Å². The first-order valence-electron chi connectivity index (χ1n) is 19.2. The molecule has 0 spiro atoms. The second-order valence-corrected chi connectivity index (χ2v) is 13.1. The van der Waals surface area contributed by atoms with Crippen molar-refractivity contribution in [3.8, 4) is 0 Å². The Morgan fingerprint density at radius 1 is 0.442 bits per heavy atom. The number of hydrogen-bond donors (Lipinski definition) is 1. The molecule has 0 aromatic heterocycles. The van der Waals surface area contributed by atoms with Crippen molar-refractivity contribution < 1.29 is 19.4 Å². The van der Waals surface area contributed by atoms with Crippen LogP contribution in [0.4, 0.5) is 0 Å². The molecule has 0 saturated carbocycles. The molecule has 4 heteroatoms. The van der Waals surface area contributed by atoms with Crippen molar-refractivity contribution in [1.29, 1.82) is 0 Å². The van der Waals surface area contributed by atoms with Gasteiger partial charge in [0.2, 0.25) is 0 Å². The molecule has 0 aromatic rings. The number of carbonyl (C=O) groups excluding carboxylic acids is 1. The van der Waals surface area contributed by atoms with Gasteiger partial charge in [-0.15, -0.1) is 0 Å². The van der Waals surface area contributed by atoms with Gasteiger partial charge in [0.15, 0.2) is 0 Å². The topological polar surface area (TPSA) is 63.6 Å². The zero-order valence-electron chi connectivity index (χ0n) is 28.9. The molecular formula is C39H74O4. The maximum Gasteiger partial charge on any atom is 0.305 e. The number of esters is 1. The van der Waals surface area contributed by atoms with Crippen LogP contribution in [-0.4, -0.2) is 23.7 Å². The molecule has 0 aromatic carbocycles. The fourth-order valence-corrected chi connectivity index (χ4v) is 5.80. The minimum atomic E-state index is -0.673. The Morgan fingerprint density at radius 2 is 0.767 bits per heavy atom. The van der Waals surface area contributed by atoms with E-state index in [2.05, 4.69) is 19.1 Å². The number of rotatable bonds is 36. The van der Waals surface area contributed by atoms with E-state index in [1.807, 2.05) is 0 Å². The van der Waals surface area contributed by atoms with Crippen molar-refractivity contribution >= 4 is 11.9 Å². The average Bonchev–Trinajstić information content (AvgIpc) is 2.99. The van der Waals surface area contributed by atoms with Gasteiger partial charge in [0.05, 0.1) is 6.61 Å². The standard InChI is InChI=1S/C39H74O4/c1-2-3-4-5-6-7-8-9-10-11-12-13-14-15-16-17-21-24-27-30-33-36-39(42)43-37-34-31-28-25-22-19-18-20-23-26-29-32-35-38(40)41/h9-10H,2-8,11-37H2,1H3,(H,40,41). The Bertz CT molecular complexity index is 600. The quantitative estimate of drug-likeness (QED) is 0.0438. The normalized spacial score (nSPS) is 11.5. The van der Waals surface area contributed by atoms with Crippen LogP contribution in [0.15, 0.2) is 12.2 Å². The molecule has 0 bridgehead atoms. The first-order chi connectivity index (χ1) is 21.2. The van der Waals surface area contributed by atoms with E-state index in [9.17, 15) is 9.59 Å². The van der Waals surface area contributed by atoms with E-state index in [4.69, 9.17) is 9.84 Å². The number of ether oxygens (including phenoxy) is 1. The van der Waals surface area contributed by atoms with Crippen molar-refractivity contribution in [2.45, 2.75) is 219 Å². The number of carboxylic acids is 1. The smallest absolute Gasteiger partial charge is 0.305 e. The lowest BCUT2D eigenvalue weighted by molar-refractivity contribution is -0.144. The van der Waals surface area contributed by atoms with Crippen LogP contribution in [0.3, 0.4) is 0 Å². The highest BCUT2D eigenvalue weighted by Gasteiger charge is 2.03. The summed E-state index contributed by atoms with van der Waals surface area (Å²) in [5.74, 6) is -0.676. The molecule has 0 aliphatic rings. The third-order valence-electron chi connectivity index (χ3n) is 8.69. The van der Waals surface area contributed by atoms with Crippen molar-refractivity contribution in [1.82, 2.24) is 0 Å². The molecule has 0 heterocycles. The van der Waals surface area contributed by atoms with Gasteiger partial charge >= 0.3 is 11.9 Å². The van der Waals surface area contributed by atoms with Crippen molar-refractivity contribution in [2.24, 2.45) is 0 Å². The second kappa shape index (κ2) is 36.9. The fourth-order valence-electron chi connectivity index (χ4n) is 5.80. The lowest BCUT2D eigenvalue weighted by Crippen LogP contribution is -2.05. The number of carboxylic acid groups (broad SMARTS) is 1. The molecule has 0 rings (SSSR count). The predicted molar refractivity (Wildman–Crippen MR) is 186 cm³/mol. The summed E-state index contributed by atoms with van der Waals surface area (Å²) in [7, 11) is 0. The van der Waals surface area contributed by atoms with Gasteiger partial charge in [-0.1, -0.05) is 173 Å². The fraction of sp³-hybridized carbons (Fsp3) is 0.897. The van der Waals surface area contributed by atoms with Gasteiger partial charge in [0.1, 0.15) is 0 Å². The summed E-state index contributed by atoms with van der Waals surface area (Å²) in [4.78, 5) is 22.4. The minimum absolute atomic E-state index is 0.00347. The number of carbonyl (C=O) groups is 2. The SMILES string of the molecule is CCCCCCCCC=CCCCCCCCCCCCCCC(=O)OCCCCCCCCCCCCCCC(=O)O. The van der Waals surface area contributed by atoms with Gasteiger partial charge < -0.3 is 9.84 Å². The van der Waals surface area contributed by atoms with Crippen LogP contribution < -0.4 is 0 Å². The summed E-state index contributed by atoms with van der Waals surface area (Å²) < 4.78 is 5.42. The van der Waals surface area contributed by atoms with Crippen LogP contribution in [0.2, 0.25) is 0 Å². The number of aliphatic carboxylic acids is 1. The van der Waals surface area contributed by atoms with Crippen molar-refractivity contribution in [2.75, 3.05) is 6.61 Å². The predicted octanol–water partition coefficient (Wildman–Crippen LogP) is 13.1. The Hall–Kier alpha value is -1.32. The van der Waals surface area contributed by atoms with Gasteiger partial charge in [0, 0.05) is 12.8 Å². The first kappa shape index (κ1) is 41.7. The highest BCUT2D eigenvalue weighted by molar-refractivity contribution is 5.69. The van der Waals surface area contributed by atoms with E-state index in [1.165, 1.54) is 161 Å². The zero-order chi connectivity index (χ0) is 31.3. The Kier molecular flexibility index (Phi) is 35.7. The largest absolute Gasteiger partial charge is 0.481 e. The van der Waals surface area contributed by atoms with Gasteiger partial charge in [-0.3, -0.25) is 9.59 Å². The lowest BCUT2D eigenvalue weighted by atomic mass is 10.0. The van der Waals surface area contributed by atoms with Crippen LogP contribution in [-0.2, 0) is 14.3 Å². The molecule has 0 unspecified atom stereocenters. The van der Waals surface area contributed by atoms with Crippen LogP contribution in [0.5, 0.6) is 0 Å². The van der Waals surface area contributed by atoms with Gasteiger partial charge in [0.25, 0.3) is 0 Å². The number of allylic oxidation sites excluding steroid dienone is 2. The molecule has 0 radical (unpaired) electrons. The highest BCUT2D eigenvalue weighted by atomic mass is 16.5. The molecule has 254 valence electrons. The maximum atomic E-state index is 11.9. The summed E-state index contributed by atoms with van der Waals surface area (Å²) in [6.07, 6.45) is 45.2. The van der Waals surface area contributed by atoms with Crippen LogP contribution in [0.1, 0.15) is 219 Å². The summed E-state index contributed by atoms with van der Waals surface area (Å²) in [6, 6.07) is 0. The average molecular weight is 607 g/mol. The Balaban J connectivity index is 3.18. The third-order valence-corrected chi connectivity index (χ3v) is 8.69. The van der Waals surface area contributed by atoms with Crippen LogP contribution in [0, 0.1) is 0 Å². The van der Waals surface area contributed by atoms with E-state index in [-0.39, 0.29) is 5.97 Å². The van der Waals surface area contributed by atoms with Crippen LogP contribution in [0.25, 0.3) is 0 Å². The second-order valence-electron chi connectivity index (χ2n) is 13.1. The molecule has 0 amide bonds. The highest BCUT2D eigenvalue weighted by Crippen LogP contribution is 2.15. The molecule has 43 heavy (non-hydrogen) atoms. The van der Waals surface area contributed by atoms with Gasteiger partial charge in [-0.25, -0.2) is 0 Å². The van der Waals surface area contributed by atoms with Gasteiger partial charge in [-0.2, -0.15) is 0 Å². The lowest BCUT2D eigenvalue weighted by Gasteiger charge is -2.06. The van der Waals surface area contributed by atoms with E-state index >= 15 is 0 Å². The monoisotopic (exact) mass is 607 g/mol. The van der Waals surface area contributed by atoms with E-state index in [0.29, 0.717) is 19.4 Å². The van der Waals surface area contributed by atoms with E-state index < -0.39 is 5.97 Å². The summed E-state index contributed by atoms with van der Waals surface area (Å²) >= 11 is 0. The minimum Gasteiger partial charge on any atom is -0.481 e. The summed E-state index contributed by atoms with van der Waals surface area (Å²) in [6.45, 7) is 2.88. The van der Waals surface area contributed by atoms with Crippen molar-refractivity contribution in [3.05, 3.63) is 12.2 Å². The van der Waals surface area contributed by atoms with Crippen molar-refractivity contribution in [3.63, 3.8) is 0 Å². The molecule has 0 aliphatic carbocycles. The first-order valence-corrected chi connectivity index (χ1v) is 19.2. The Labute approximate surface area is 268 Å². The number of unbranched alkanes of at least 4 members (excludes halogenated alkanes) is 28. The molecule has 0 fully saturated rings. The molecule has 4 nitrogen and oxygen atoms in total. The maximum absolute atomic E-state index is 11.9. The molecule has 0 aliphatic heterocycles. The van der Waals surface area contributed by atoms with E-state index in [0.717, 1.165) is 38.5 Å². The van der Waals surface area contributed by atoms with Crippen LogP contribution >= 0.6 is 0 Å². The Morgan fingerprint density at radius 3 is 1.16 bits per heavy atom.